The molecular weight excluding hydrogens is 379 g/mol. The Balaban J connectivity index is 1.69. The molecule has 0 bridgehead atoms. The van der Waals surface area contributed by atoms with Gasteiger partial charge in [0.25, 0.3) is 0 Å². The van der Waals surface area contributed by atoms with Crippen LogP contribution in [0.15, 0.2) is 41.4 Å². The number of hydrogen-bond donors (Lipinski definition) is 3. The Morgan fingerprint density at radius 2 is 1.96 bits per heavy atom. The molecule has 0 radical (unpaired) electrons. The lowest BCUT2D eigenvalue weighted by Gasteiger charge is -2.30. The molecule has 7 heteroatoms. The summed E-state index contributed by atoms with van der Waals surface area (Å²) in [5.74, 6) is 0.0475. The monoisotopic (exact) mass is 402 g/mol. The SMILES string of the molecule is C[C@@]1(c2cc(CC(=O)CCc3ccc(O)c(O)c3)ccc2F)CCSC(N)=N1. The first kappa shape index (κ1) is 20.2. The van der Waals surface area contributed by atoms with E-state index in [9.17, 15) is 19.4 Å². The maximum atomic E-state index is 14.5. The number of ketones is 1. The number of hydrogen-bond acceptors (Lipinski definition) is 6. The highest BCUT2D eigenvalue weighted by molar-refractivity contribution is 8.13. The van der Waals surface area contributed by atoms with Crippen LogP contribution in [0.3, 0.4) is 0 Å². The molecule has 2 aromatic rings. The summed E-state index contributed by atoms with van der Waals surface area (Å²) in [6.45, 7) is 1.86. The first-order valence-electron chi connectivity index (χ1n) is 9.06. The fraction of sp³-hybridized carbons (Fsp3) is 0.333. The van der Waals surface area contributed by atoms with Crippen LogP contribution in [0, 0.1) is 5.82 Å². The summed E-state index contributed by atoms with van der Waals surface area (Å²) in [5, 5.41) is 19.3. The van der Waals surface area contributed by atoms with Gasteiger partial charge in [0.1, 0.15) is 11.6 Å². The normalized spacial score (nSPS) is 19.3. The van der Waals surface area contributed by atoms with Gasteiger partial charge >= 0.3 is 0 Å². The number of nitrogens with zero attached hydrogens (tertiary/aromatic N) is 1. The first-order chi connectivity index (χ1) is 13.3. The van der Waals surface area contributed by atoms with Gasteiger partial charge in [-0.3, -0.25) is 9.79 Å². The van der Waals surface area contributed by atoms with E-state index in [-0.39, 0.29) is 35.9 Å². The van der Waals surface area contributed by atoms with Crippen LogP contribution in [-0.4, -0.2) is 26.9 Å². The molecule has 1 aliphatic rings. The fourth-order valence-electron chi connectivity index (χ4n) is 3.30. The Morgan fingerprint density at radius 3 is 2.68 bits per heavy atom. The van der Waals surface area contributed by atoms with E-state index >= 15 is 0 Å². The quantitative estimate of drug-likeness (QED) is 0.641. The van der Waals surface area contributed by atoms with E-state index in [0.717, 1.165) is 16.9 Å². The van der Waals surface area contributed by atoms with Crippen molar-refractivity contribution in [2.75, 3.05) is 5.75 Å². The summed E-state index contributed by atoms with van der Waals surface area (Å²) in [7, 11) is 0. The molecule has 0 unspecified atom stereocenters. The number of aromatic hydroxyl groups is 2. The Labute approximate surface area is 167 Å². The Hall–Kier alpha value is -2.54. The minimum Gasteiger partial charge on any atom is -0.504 e. The maximum Gasteiger partial charge on any atom is 0.157 e. The van der Waals surface area contributed by atoms with Crippen molar-refractivity contribution in [1.29, 1.82) is 0 Å². The number of Topliss-reactive ketones (excluding diaryl/α,β-unsaturated/α-hetero) is 1. The number of halogens is 1. The second-order valence-electron chi connectivity index (χ2n) is 7.18. The number of benzene rings is 2. The number of nitrogens with two attached hydrogens (primary N) is 1. The van der Waals surface area contributed by atoms with Crippen molar-refractivity contribution in [2.45, 2.75) is 38.1 Å². The lowest BCUT2D eigenvalue weighted by Crippen LogP contribution is -2.29. The van der Waals surface area contributed by atoms with Crippen LogP contribution >= 0.6 is 11.8 Å². The summed E-state index contributed by atoms with van der Waals surface area (Å²) in [5.41, 5.74) is 7.08. The van der Waals surface area contributed by atoms with Crippen LogP contribution in [0.2, 0.25) is 0 Å². The Morgan fingerprint density at radius 1 is 1.21 bits per heavy atom. The fourth-order valence-corrected chi connectivity index (χ4v) is 4.27. The minimum absolute atomic E-state index is 0.0116. The van der Waals surface area contributed by atoms with E-state index in [4.69, 9.17) is 5.73 Å². The van der Waals surface area contributed by atoms with E-state index in [1.807, 2.05) is 6.92 Å². The average Bonchev–Trinajstić information content (AvgIpc) is 2.64. The van der Waals surface area contributed by atoms with E-state index in [2.05, 4.69) is 4.99 Å². The van der Waals surface area contributed by atoms with Crippen molar-refractivity contribution >= 4 is 22.7 Å². The molecule has 0 amide bonds. The zero-order chi connectivity index (χ0) is 20.3. The third-order valence-electron chi connectivity index (χ3n) is 4.94. The van der Waals surface area contributed by atoms with Crippen molar-refractivity contribution < 1.29 is 19.4 Å². The smallest absolute Gasteiger partial charge is 0.157 e. The first-order valence-corrected chi connectivity index (χ1v) is 10.0. The summed E-state index contributed by atoms with van der Waals surface area (Å²) >= 11 is 1.46. The van der Waals surface area contributed by atoms with Gasteiger partial charge in [-0.1, -0.05) is 30.0 Å². The molecule has 28 heavy (non-hydrogen) atoms. The molecular formula is C21H23FN2O3S. The van der Waals surface area contributed by atoms with E-state index in [1.165, 1.54) is 30.0 Å². The molecule has 2 aromatic carbocycles. The molecule has 5 nitrogen and oxygen atoms in total. The average molecular weight is 402 g/mol. The van der Waals surface area contributed by atoms with Gasteiger partial charge in [-0.2, -0.15) is 0 Å². The lowest BCUT2D eigenvalue weighted by molar-refractivity contribution is -0.118. The van der Waals surface area contributed by atoms with Crippen LogP contribution in [0.5, 0.6) is 11.5 Å². The Bertz CT molecular complexity index is 932. The molecule has 4 N–H and O–H groups in total. The van der Waals surface area contributed by atoms with Crippen LogP contribution in [0.25, 0.3) is 0 Å². The van der Waals surface area contributed by atoms with Crippen molar-refractivity contribution in [1.82, 2.24) is 0 Å². The number of rotatable bonds is 6. The molecule has 0 saturated heterocycles. The van der Waals surface area contributed by atoms with Crippen LogP contribution < -0.4 is 5.73 Å². The van der Waals surface area contributed by atoms with Gasteiger partial charge in [0, 0.05) is 24.2 Å². The van der Waals surface area contributed by atoms with Gasteiger partial charge in [-0.25, -0.2) is 4.39 Å². The zero-order valence-corrected chi connectivity index (χ0v) is 16.4. The predicted octanol–water partition coefficient (Wildman–Crippen LogP) is 3.65. The van der Waals surface area contributed by atoms with Crippen LogP contribution in [0.4, 0.5) is 4.39 Å². The molecule has 0 fully saturated rings. The molecule has 3 rings (SSSR count). The molecule has 1 aliphatic heterocycles. The second-order valence-corrected chi connectivity index (χ2v) is 8.29. The number of aliphatic imine (C=N–C) groups is 1. The Kier molecular flexibility index (Phi) is 5.93. The third-order valence-corrected chi connectivity index (χ3v) is 5.74. The number of amidine groups is 1. The van der Waals surface area contributed by atoms with Gasteiger partial charge < -0.3 is 15.9 Å². The lowest BCUT2D eigenvalue weighted by atomic mass is 9.87. The van der Waals surface area contributed by atoms with Gasteiger partial charge in [-0.15, -0.1) is 0 Å². The van der Waals surface area contributed by atoms with Crippen molar-refractivity contribution in [2.24, 2.45) is 10.7 Å². The summed E-state index contributed by atoms with van der Waals surface area (Å²) in [6.07, 6.45) is 1.62. The molecule has 0 saturated carbocycles. The van der Waals surface area contributed by atoms with Gasteiger partial charge in [0.2, 0.25) is 0 Å². The van der Waals surface area contributed by atoms with Crippen LogP contribution in [-0.2, 0) is 23.2 Å². The zero-order valence-electron chi connectivity index (χ0n) is 15.6. The molecule has 1 heterocycles. The number of carbonyl (C=O) groups excluding carboxylic acids is 1. The standard InChI is InChI=1S/C21H23FN2O3S/c1-21(8-9-28-20(23)24-21)16-11-14(3-6-17(16)22)10-15(25)5-2-13-4-7-18(26)19(27)12-13/h3-4,6-7,11-12,26-27H,2,5,8-10H2,1H3,(H2,23,24)/t21-/m0/s1. The van der Waals surface area contributed by atoms with E-state index in [0.29, 0.717) is 23.6 Å². The minimum atomic E-state index is -0.720. The maximum absolute atomic E-state index is 14.5. The van der Waals surface area contributed by atoms with Crippen molar-refractivity contribution in [3.05, 3.63) is 58.9 Å². The van der Waals surface area contributed by atoms with Gasteiger partial charge in [0.05, 0.1) is 5.54 Å². The number of aryl methyl sites for hydroxylation is 1. The van der Waals surface area contributed by atoms with Crippen molar-refractivity contribution in [3.8, 4) is 11.5 Å². The van der Waals surface area contributed by atoms with E-state index < -0.39 is 5.54 Å². The summed E-state index contributed by atoms with van der Waals surface area (Å²) in [6, 6.07) is 9.24. The highest BCUT2D eigenvalue weighted by atomic mass is 32.2. The van der Waals surface area contributed by atoms with Crippen LogP contribution in [0.1, 0.15) is 36.5 Å². The second kappa shape index (κ2) is 8.22. The largest absolute Gasteiger partial charge is 0.504 e. The highest BCUT2D eigenvalue weighted by Gasteiger charge is 2.32. The van der Waals surface area contributed by atoms with Gasteiger partial charge in [-0.05, 0) is 49.1 Å². The molecule has 1 atom stereocenters. The number of carbonyl (C=O) groups is 1. The molecule has 0 aliphatic carbocycles. The number of phenols is 2. The molecule has 0 spiro atoms. The predicted molar refractivity (Wildman–Crippen MR) is 109 cm³/mol. The van der Waals surface area contributed by atoms with E-state index in [1.54, 1.807) is 18.2 Å². The molecule has 148 valence electrons. The molecule has 0 aromatic heterocycles. The summed E-state index contributed by atoms with van der Waals surface area (Å²) in [4.78, 5) is 16.8. The highest BCUT2D eigenvalue weighted by Crippen LogP contribution is 2.36. The number of phenolic OH excluding ortho intramolecular Hbond substituents is 2. The topological polar surface area (TPSA) is 95.9 Å². The summed E-state index contributed by atoms with van der Waals surface area (Å²) < 4.78 is 14.5. The van der Waals surface area contributed by atoms with Crippen molar-refractivity contribution in [3.63, 3.8) is 0 Å². The number of thioether (sulfide) groups is 1. The van der Waals surface area contributed by atoms with Gasteiger partial charge in [0.15, 0.2) is 16.7 Å². The third kappa shape index (κ3) is 4.65.